The van der Waals surface area contributed by atoms with Crippen molar-refractivity contribution in [3.63, 3.8) is 0 Å². The SMILES string of the molecule is Cc1cc(NC(=O)c2ccc(NS(C)(=O)=O)cc2)n(-c2cc(C)c3cccc(C)c3n2)n1. The third kappa shape index (κ3) is 4.47. The third-order valence-corrected chi connectivity index (χ3v) is 5.58. The number of carbonyl (C=O) groups excluding carboxylic acids is 1. The van der Waals surface area contributed by atoms with E-state index in [0.717, 1.165) is 34.0 Å². The van der Waals surface area contributed by atoms with E-state index in [2.05, 4.69) is 15.1 Å². The van der Waals surface area contributed by atoms with Crippen LogP contribution in [0, 0.1) is 20.8 Å². The molecule has 0 saturated carbocycles. The van der Waals surface area contributed by atoms with Crippen LogP contribution in [0.5, 0.6) is 0 Å². The van der Waals surface area contributed by atoms with E-state index in [1.807, 2.05) is 45.0 Å². The number of pyridine rings is 1. The van der Waals surface area contributed by atoms with Crippen LogP contribution in [-0.2, 0) is 10.0 Å². The average molecular weight is 450 g/mol. The summed E-state index contributed by atoms with van der Waals surface area (Å²) >= 11 is 0. The van der Waals surface area contributed by atoms with Gasteiger partial charge in [0.15, 0.2) is 5.82 Å². The Morgan fingerprint density at radius 2 is 1.69 bits per heavy atom. The number of hydrogen-bond acceptors (Lipinski definition) is 5. The Morgan fingerprint density at radius 1 is 0.969 bits per heavy atom. The van der Waals surface area contributed by atoms with Crippen LogP contribution in [0.1, 0.15) is 27.2 Å². The number of aryl methyl sites for hydroxylation is 3. The zero-order chi connectivity index (χ0) is 23.0. The number of nitrogens with zero attached hydrogens (tertiary/aromatic N) is 3. The molecule has 32 heavy (non-hydrogen) atoms. The first-order valence-corrected chi connectivity index (χ1v) is 11.8. The van der Waals surface area contributed by atoms with E-state index in [1.165, 1.54) is 12.1 Å². The van der Waals surface area contributed by atoms with Gasteiger partial charge < -0.3 is 5.32 Å². The molecule has 2 aromatic heterocycles. The van der Waals surface area contributed by atoms with Crippen LogP contribution in [0.3, 0.4) is 0 Å². The molecule has 0 atom stereocenters. The van der Waals surface area contributed by atoms with Gasteiger partial charge in [0.2, 0.25) is 10.0 Å². The van der Waals surface area contributed by atoms with Gasteiger partial charge in [-0.05, 0) is 62.2 Å². The highest BCUT2D eigenvalue weighted by Gasteiger charge is 2.15. The fraction of sp³-hybridized carbons (Fsp3) is 0.174. The topological polar surface area (TPSA) is 106 Å². The number of para-hydroxylation sites is 1. The van der Waals surface area contributed by atoms with Crippen molar-refractivity contribution in [2.45, 2.75) is 20.8 Å². The summed E-state index contributed by atoms with van der Waals surface area (Å²) < 4.78 is 26.7. The first kappa shape index (κ1) is 21.5. The van der Waals surface area contributed by atoms with E-state index in [4.69, 9.17) is 4.98 Å². The maximum Gasteiger partial charge on any atom is 0.256 e. The third-order valence-electron chi connectivity index (χ3n) is 4.98. The molecule has 4 rings (SSSR count). The average Bonchev–Trinajstić information content (AvgIpc) is 3.08. The van der Waals surface area contributed by atoms with Gasteiger partial charge in [-0.2, -0.15) is 9.78 Å². The minimum absolute atomic E-state index is 0.342. The molecule has 9 heteroatoms. The van der Waals surface area contributed by atoms with E-state index in [9.17, 15) is 13.2 Å². The Kier molecular flexibility index (Phi) is 5.43. The van der Waals surface area contributed by atoms with Crippen LogP contribution in [0.4, 0.5) is 11.5 Å². The van der Waals surface area contributed by atoms with Crippen molar-refractivity contribution in [2.75, 3.05) is 16.3 Å². The fourth-order valence-corrected chi connectivity index (χ4v) is 4.07. The molecule has 0 fully saturated rings. The Bertz CT molecular complexity index is 1440. The van der Waals surface area contributed by atoms with Gasteiger partial charge in [-0.1, -0.05) is 18.2 Å². The van der Waals surface area contributed by atoms with Crippen LogP contribution in [0.15, 0.2) is 54.6 Å². The van der Waals surface area contributed by atoms with Gasteiger partial charge >= 0.3 is 0 Å². The highest BCUT2D eigenvalue weighted by atomic mass is 32.2. The number of rotatable bonds is 5. The minimum Gasteiger partial charge on any atom is -0.306 e. The largest absolute Gasteiger partial charge is 0.306 e. The van der Waals surface area contributed by atoms with E-state index in [1.54, 1.807) is 22.9 Å². The summed E-state index contributed by atoms with van der Waals surface area (Å²) in [5.41, 5.74) is 4.51. The number of fused-ring (bicyclic) bond motifs is 1. The normalized spacial score (nSPS) is 11.5. The second kappa shape index (κ2) is 8.08. The predicted octanol–water partition coefficient (Wildman–Crippen LogP) is 3.97. The summed E-state index contributed by atoms with van der Waals surface area (Å²) in [6.07, 6.45) is 1.07. The van der Waals surface area contributed by atoms with E-state index < -0.39 is 10.0 Å². The Hall–Kier alpha value is -3.72. The van der Waals surface area contributed by atoms with Gasteiger partial charge in [-0.25, -0.2) is 13.4 Å². The lowest BCUT2D eigenvalue weighted by Gasteiger charge is -2.12. The highest BCUT2D eigenvalue weighted by Crippen LogP contribution is 2.25. The number of carbonyl (C=O) groups is 1. The van der Waals surface area contributed by atoms with Crippen molar-refractivity contribution < 1.29 is 13.2 Å². The Balaban J connectivity index is 1.65. The first-order valence-electron chi connectivity index (χ1n) is 9.94. The van der Waals surface area contributed by atoms with Gasteiger partial charge in [-0.15, -0.1) is 0 Å². The molecule has 0 aliphatic carbocycles. The molecule has 164 valence electrons. The lowest BCUT2D eigenvalue weighted by atomic mass is 10.1. The van der Waals surface area contributed by atoms with E-state index in [-0.39, 0.29) is 5.91 Å². The summed E-state index contributed by atoms with van der Waals surface area (Å²) in [5, 5.41) is 8.48. The van der Waals surface area contributed by atoms with Gasteiger partial charge in [0.25, 0.3) is 5.91 Å². The van der Waals surface area contributed by atoms with Crippen LogP contribution >= 0.6 is 0 Å². The molecule has 0 radical (unpaired) electrons. The Morgan fingerprint density at radius 3 is 2.38 bits per heavy atom. The van der Waals surface area contributed by atoms with Crippen LogP contribution in [-0.4, -0.2) is 35.3 Å². The maximum atomic E-state index is 12.8. The fourth-order valence-electron chi connectivity index (χ4n) is 3.51. The lowest BCUT2D eigenvalue weighted by Crippen LogP contribution is -2.16. The Labute approximate surface area is 186 Å². The lowest BCUT2D eigenvalue weighted by molar-refractivity contribution is 0.102. The summed E-state index contributed by atoms with van der Waals surface area (Å²) in [5.74, 6) is 0.761. The van der Waals surface area contributed by atoms with Crippen molar-refractivity contribution in [3.8, 4) is 5.82 Å². The molecule has 0 saturated heterocycles. The zero-order valence-corrected chi connectivity index (χ0v) is 19.0. The number of benzene rings is 2. The smallest absolute Gasteiger partial charge is 0.256 e. The van der Waals surface area contributed by atoms with Crippen molar-refractivity contribution in [2.24, 2.45) is 0 Å². The summed E-state index contributed by atoms with van der Waals surface area (Å²) in [4.78, 5) is 17.6. The highest BCUT2D eigenvalue weighted by molar-refractivity contribution is 7.92. The van der Waals surface area contributed by atoms with Crippen molar-refractivity contribution >= 4 is 38.3 Å². The molecular formula is C23H23N5O3S. The van der Waals surface area contributed by atoms with Crippen molar-refractivity contribution in [1.29, 1.82) is 0 Å². The molecule has 1 amide bonds. The second-order valence-corrected chi connectivity index (χ2v) is 9.51. The predicted molar refractivity (Wildman–Crippen MR) is 126 cm³/mol. The summed E-state index contributed by atoms with van der Waals surface area (Å²) in [6, 6.07) is 16.0. The van der Waals surface area contributed by atoms with Crippen molar-refractivity contribution in [1.82, 2.24) is 14.8 Å². The van der Waals surface area contributed by atoms with Crippen LogP contribution in [0.2, 0.25) is 0 Å². The van der Waals surface area contributed by atoms with Gasteiger partial charge in [-0.3, -0.25) is 9.52 Å². The molecular weight excluding hydrogens is 426 g/mol. The number of nitrogens with one attached hydrogen (secondary N) is 2. The number of hydrogen-bond donors (Lipinski definition) is 2. The molecule has 0 unspecified atom stereocenters. The van der Waals surface area contributed by atoms with Gasteiger partial charge in [0, 0.05) is 22.7 Å². The molecule has 0 aliphatic rings. The summed E-state index contributed by atoms with van der Waals surface area (Å²) in [7, 11) is -3.38. The molecule has 2 aromatic carbocycles. The number of anilines is 2. The molecule has 0 aliphatic heterocycles. The first-order chi connectivity index (χ1) is 15.1. The quantitative estimate of drug-likeness (QED) is 0.480. The number of sulfonamides is 1. The monoisotopic (exact) mass is 449 g/mol. The zero-order valence-electron chi connectivity index (χ0n) is 18.2. The van der Waals surface area contributed by atoms with Gasteiger partial charge in [0.05, 0.1) is 17.5 Å². The van der Waals surface area contributed by atoms with E-state index >= 15 is 0 Å². The number of aromatic nitrogens is 3. The second-order valence-electron chi connectivity index (χ2n) is 7.76. The molecule has 0 spiro atoms. The summed E-state index contributed by atoms with van der Waals surface area (Å²) in [6.45, 7) is 5.88. The maximum absolute atomic E-state index is 12.8. The minimum atomic E-state index is -3.38. The van der Waals surface area contributed by atoms with Crippen LogP contribution < -0.4 is 10.0 Å². The van der Waals surface area contributed by atoms with Crippen molar-refractivity contribution in [3.05, 3.63) is 77.0 Å². The molecule has 2 N–H and O–H groups in total. The van der Waals surface area contributed by atoms with Crippen LogP contribution in [0.25, 0.3) is 16.7 Å². The molecule has 4 aromatic rings. The molecule has 8 nitrogen and oxygen atoms in total. The standard InChI is InChI=1S/C23H23N5O3S/c1-14-6-5-7-19-15(2)12-20(24-22(14)19)28-21(13-16(3)26-28)25-23(29)17-8-10-18(11-9-17)27-32(4,30)31/h5-13,27H,1-4H3,(H,25,29). The molecule has 0 bridgehead atoms. The molecule has 2 heterocycles. The number of amides is 1. The van der Waals surface area contributed by atoms with E-state index in [0.29, 0.717) is 22.9 Å². The van der Waals surface area contributed by atoms with Gasteiger partial charge in [0.1, 0.15) is 5.82 Å².